The lowest BCUT2D eigenvalue weighted by atomic mass is 10.2. The second-order valence-electron chi connectivity index (χ2n) is 3.99. The first-order valence-corrected chi connectivity index (χ1v) is 6.88. The molecular weight excluding hydrogens is 262 g/mol. The quantitative estimate of drug-likeness (QED) is 0.717. The van der Waals surface area contributed by atoms with Crippen LogP contribution in [0.5, 0.6) is 0 Å². The standard InChI is InChI=1S/C13H11N3S2/c1-9-7-18-8-11(9)12-14-15-13(17)16(12)10-5-3-2-4-6-10/h2-8H,1H3,(H,15,17). The van der Waals surface area contributed by atoms with Gasteiger partial charge in [-0.15, -0.1) is 0 Å². The largest absolute Gasteiger partial charge is 0.268 e. The monoisotopic (exact) mass is 273 g/mol. The van der Waals surface area contributed by atoms with Gasteiger partial charge in [0, 0.05) is 16.6 Å². The van der Waals surface area contributed by atoms with Gasteiger partial charge >= 0.3 is 0 Å². The first kappa shape index (κ1) is 11.4. The minimum Gasteiger partial charge on any atom is -0.268 e. The van der Waals surface area contributed by atoms with Crippen molar-refractivity contribution in [1.29, 1.82) is 0 Å². The lowest BCUT2D eigenvalue weighted by Crippen LogP contribution is -1.97. The van der Waals surface area contributed by atoms with Gasteiger partial charge in [0.15, 0.2) is 10.6 Å². The van der Waals surface area contributed by atoms with E-state index >= 15 is 0 Å². The molecule has 3 nitrogen and oxygen atoms in total. The van der Waals surface area contributed by atoms with E-state index < -0.39 is 0 Å². The average Bonchev–Trinajstić information content (AvgIpc) is 2.96. The molecule has 2 heterocycles. The number of thiophene rings is 1. The summed E-state index contributed by atoms with van der Waals surface area (Å²) in [7, 11) is 0. The molecule has 0 amide bonds. The van der Waals surface area contributed by atoms with Crippen molar-refractivity contribution in [3.63, 3.8) is 0 Å². The third-order valence-corrected chi connectivity index (χ3v) is 3.92. The summed E-state index contributed by atoms with van der Waals surface area (Å²) in [6.45, 7) is 2.08. The van der Waals surface area contributed by atoms with E-state index in [0.29, 0.717) is 4.77 Å². The highest BCUT2D eigenvalue weighted by Gasteiger charge is 2.12. The minimum absolute atomic E-state index is 0.613. The molecule has 0 saturated carbocycles. The van der Waals surface area contributed by atoms with E-state index in [1.807, 2.05) is 34.9 Å². The molecular formula is C13H11N3S2. The van der Waals surface area contributed by atoms with E-state index in [4.69, 9.17) is 12.2 Å². The van der Waals surface area contributed by atoms with Crippen molar-refractivity contribution >= 4 is 23.6 Å². The fraction of sp³-hybridized carbons (Fsp3) is 0.0769. The van der Waals surface area contributed by atoms with Gasteiger partial charge in [-0.2, -0.15) is 16.4 Å². The summed E-state index contributed by atoms with van der Waals surface area (Å²) < 4.78 is 2.58. The predicted molar refractivity (Wildman–Crippen MR) is 76.8 cm³/mol. The van der Waals surface area contributed by atoms with Gasteiger partial charge in [-0.3, -0.25) is 9.67 Å². The second kappa shape index (κ2) is 4.51. The number of benzene rings is 1. The number of nitrogens with zero attached hydrogens (tertiary/aromatic N) is 2. The summed E-state index contributed by atoms with van der Waals surface area (Å²) in [6, 6.07) is 10.0. The normalized spacial score (nSPS) is 10.7. The molecule has 0 saturated heterocycles. The van der Waals surface area contributed by atoms with Gasteiger partial charge in [0.05, 0.1) is 0 Å². The van der Waals surface area contributed by atoms with Crippen LogP contribution in [-0.4, -0.2) is 14.8 Å². The van der Waals surface area contributed by atoms with Crippen LogP contribution in [0.3, 0.4) is 0 Å². The Morgan fingerprint density at radius 1 is 1.22 bits per heavy atom. The van der Waals surface area contributed by atoms with Crippen molar-refractivity contribution < 1.29 is 0 Å². The van der Waals surface area contributed by atoms with Crippen LogP contribution in [0.15, 0.2) is 41.1 Å². The molecule has 0 aliphatic carbocycles. The van der Waals surface area contributed by atoms with Crippen molar-refractivity contribution in [2.75, 3.05) is 0 Å². The molecule has 18 heavy (non-hydrogen) atoms. The molecule has 90 valence electrons. The Bertz CT molecular complexity index is 722. The number of H-pyrrole nitrogens is 1. The molecule has 1 N–H and O–H groups in total. The maximum atomic E-state index is 5.32. The molecule has 0 spiro atoms. The number of aryl methyl sites for hydroxylation is 1. The summed E-state index contributed by atoms with van der Waals surface area (Å²) >= 11 is 6.99. The molecule has 3 rings (SSSR count). The van der Waals surface area contributed by atoms with Crippen molar-refractivity contribution in [3.05, 3.63) is 51.4 Å². The SMILES string of the molecule is Cc1cscc1-c1n[nH]c(=S)n1-c1ccccc1. The van der Waals surface area contributed by atoms with Gasteiger partial charge in [-0.25, -0.2) is 0 Å². The number of nitrogens with one attached hydrogen (secondary N) is 1. The fourth-order valence-corrected chi connectivity index (χ4v) is 2.95. The van der Waals surface area contributed by atoms with E-state index in [-0.39, 0.29) is 0 Å². The van der Waals surface area contributed by atoms with Crippen LogP contribution in [0.1, 0.15) is 5.56 Å². The molecule has 0 radical (unpaired) electrons. The lowest BCUT2D eigenvalue weighted by molar-refractivity contribution is 1.04. The minimum atomic E-state index is 0.613. The molecule has 3 aromatic rings. The third-order valence-electron chi connectivity index (χ3n) is 2.78. The first-order valence-electron chi connectivity index (χ1n) is 5.53. The van der Waals surface area contributed by atoms with Crippen molar-refractivity contribution in [1.82, 2.24) is 14.8 Å². The van der Waals surface area contributed by atoms with Crippen LogP contribution in [0.4, 0.5) is 0 Å². The number of aromatic nitrogens is 3. The molecule has 2 aromatic heterocycles. The van der Waals surface area contributed by atoms with Crippen LogP contribution in [0.25, 0.3) is 17.1 Å². The van der Waals surface area contributed by atoms with Crippen LogP contribution in [0, 0.1) is 11.7 Å². The number of hydrogen-bond donors (Lipinski definition) is 1. The van der Waals surface area contributed by atoms with E-state index in [1.54, 1.807) is 11.3 Å². The predicted octanol–water partition coefficient (Wildman–Crippen LogP) is 3.97. The molecule has 5 heteroatoms. The number of rotatable bonds is 2. The number of hydrogen-bond acceptors (Lipinski definition) is 3. The van der Waals surface area contributed by atoms with Crippen molar-refractivity contribution in [2.24, 2.45) is 0 Å². The van der Waals surface area contributed by atoms with Gasteiger partial charge in [0.25, 0.3) is 0 Å². The summed E-state index contributed by atoms with van der Waals surface area (Å²) in [6.07, 6.45) is 0. The van der Waals surface area contributed by atoms with E-state index in [1.165, 1.54) is 5.56 Å². The summed E-state index contributed by atoms with van der Waals surface area (Å²) in [5, 5.41) is 11.4. The zero-order valence-electron chi connectivity index (χ0n) is 9.75. The van der Waals surface area contributed by atoms with Crippen LogP contribution >= 0.6 is 23.6 Å². The van der Waals surface area contributed by atoms with Gasteiger partial charge in [0.1, 0.15) is 0 Å². The smallest absolute Gasteiger partial charge is 0.200 e. The van der Waals surface area contributed by atoms with Crippen molar-refractivity contribution in [3.8, 4) is 17.1 Å². The highest BCUT2D eigenvalue weighted by molar-refractivity contribution is 7.71. The van der Waals surface area contributed by atoms with Crippen LogP contribution in [-0.2, 0) is 0 Å². The summed E-state index contributed by atoms with van der Waals surface area (Å²) in [4.78, 5) is 0. The zero-order chi connectivity index (χ0) is 12.5. The molecule has 0 unspecified atom stereocenters. The van der Waals surface area contributed by atoms with Crippen molar-refractivity contribution in [2.45, 2.75) is 6.92 Å². The topological polar surface area (TPSA) is 33.6 Å². The van der Waals surface area contributed by atoms with E-state index in [9.17, 15) is 0 Å². The molecule has 1 aromatic carbocycles. The highest BCUT2D eigenvalue weighted by Crippen LogP contribution is 2.27. The maximum Gasteiger partial charge on any atom is 0.200 e. The highest BCUT2D eigenvalue weighted by atomic mass is 32.1. The summed E-state index contributed by atoms with van der Waals surface area (Å²) in [5.74, 6) is 0.866. The van der Waals surface area contributed by atoms with Gasteiger partial charge in [0.2, 0.25) is 0 Å². The van der Waals surface area contributed by atoms with Crippen LogP contribution in [0.2, 0.25) is 0 Å². The Kier molecular flexibility index (Phi) is 2.85. The Morgan fingerprint density at radius 2 is 2.00 bits per heavy atom. The Morgan fingerprint density at radius 3 is 2.67 bits per heavy atom. The molecule has 0 atom stereocenters. The molecule has 0 bridgehead atoms. The zero-order valence-corrected chi connectivity index (χ0v) is 11.4. The van der Waals surface area contributed by atoms with Crippen LogP contribution < -0.4 is 0 Å². The maximum absolute atomic E-state index is 5.32. The fourth-order valence-electron chi connectivity index (χ4n) is 1.88. The average molecular weight is 273 g/mol. The second-order valence-corrected chi connectivity index (χ2v) is 5.12. The first-order chi connectivity index (χ1) is 8.77. The Labute approximate surface area is 114 Å². The number of aromatic amines is 1. The van der Waals surface area contributed by atoms with E-state index in [0.717, 1.165) is 17.1 Å². The van der Waals surface area contributed by atoms with Gasteiger partial charge < -0.3 is 0 Å². The lowest BCUT2D eigenvalue weighted by Gasteiger charge is -2.06. The number of para-hydroxylation sites is 1. The summed E-state index contributed by atoms with van der Waals surface area (Å²) in [5.41, 5.74) is 3.36. The van der Waals surface area contributed by atoms with Gasteiger partial charge in [-0.1, -0.05) is 18.2 Å². The van der Waals surface area contributed by atoms with Gasteiger partial charge in [-0.05, 0) is 42.2 Å². The Hall–Kier alpha value is -1.72. The molecule has 0 aliphatic heterocycles. The molecule has 0 fully saturated rings. The molecule has 0 aliphatic rings. The Balaban J connectivity index is 2.26. The third kappa shape index (κ3) is 1.81. The van der Waals surface area contributed by atoms with E-state index in [2.05, 4.69) is 27.9 Å².